The number of aliphatic carboxylic acids is 1. The lowest BCUT2D eigenvalue weighted by Gasteiger charge is -2.20. The lowest BCUT2D eigenvalue weighted by molar-refractivity contribution is -0.305. The van der Waals surface area contributed by atoms with E-state index in [-0.39, 0.29) is 22.9 Å². The highest BCUT2D eigenvalue weighted by Crippen LogP contribution is 2.31. The number of hydrogen-bond donors (Lipinski definition) is 1. The molecule has 0 aliphatic heterocycles. The minimum atomic E-state index is -1.33. The maximum atomic E-state index is 11.8. The van der Waals surface area contributed by atoms with Gasteiger partial charge in [0, 0.05) is 12.4 Å². The molecule has 0 saturated heterocycles. The molecule has 120 valence electrons. The Morgan fingerprint density at radius 2 is 1.95 bits per heavy atom. The molecule has 8 heteroatoms. The van der Waals surface area contributed by atoms with Gasteiger partial charge in [-0.25, -0.2) is 0 Å². The van der Waals surface area contributed by atoms with Crippen LogP contribution in [0.15, 0.2) is 18.2 Å². The molecule has 0 fully saturated rings. The largest absolute Gasteiger partial charge is 0.550 e. The summed E-state index contributed by atoms with van der Waals surface area (Å²) in [5.74, 6) is -2.43. The maximum absolute atomic E-state index is 11.8. The summed E-state index contributed by atoms with van der Waals surface area (Å²) < 4.78 is 4.58. The van der Waals surface area contributed by atoms with E-state index in [9.17, 15) is 19.5 Å². The van der Waals surface area contributed by atoms with Crippen molar-refractivity contribution in [2.45, 2.75) is 25.3 Å². The minimum absolute atomic E-state index is 0.159. The van der Waals surface area contributed by atoms with Crippen molar-refractivity contribution in [3.63, 3.8) is 0 Å². The van der Waals surface area contributed by atoms with Crippen LogP contribution in [0.4, 0.5) is 0 Å². The van der Waals surface area contributed by atoms with E-state index < -0.39 is 30.3 Å². The maximum Gasteiger partial charge on any atom is 0.307 e. The summed E-state index contributed by atoms with van der Waals surface area (Å²) in [5, 5.41) is 13.4. The van der Waals surface area contributed by atoms with Crippen LogP contribution in [0.25, 0.3) is 0 Å². The van der Waals surface area contributed by atoms with Crippen LogP contribution >= 0.6 is 23.2 Å². The Balaban J connectivity index is 2.93. The van der Waals surface area contributed by atoms with Gasteiger partial charge in [-0.2, -0.15) is 0 Å². The number of carbonyl (C=O) groups excluding carboxylic acids is 3. The molecule has 0 spiro atoms. The van der Waals surface area contributed by atoms with Gasteiger partial charge in [0.2, 0.25) is 5.91 Å². The number of methoxy groups -OCH3 is 1. The van der Waals surface area contributed by atoms with Crippen molar-refractivity contribution >= 4 is 41.0 Å². The Hall–Kier alpha value is -1.79. The summed E-state index contributed by atoms with van der Waals surface area (Å²) in [7, 11) is 1.22. The second kappa shape index (κ2) is 8.60. The molecule has 0 radical (unpaired) electrons. The van der Waals surface area contributed by atoms with Gasteiger partial charge in [-0.05, 0) is 18.1 Å². The molecule has 0 saturated carbocycles. The van der Waals surface area contributed by atoms with Crippen molar-refractivity contribution in [1.82, 2.24) is 5.32 Å². The third-order valence-corrected chi connectivity index (χ3v) is 3.68. The molecule has 0 bridgehead atoms. The standard InChI is InChI=1S/C14H15Cl2NO5/c1-22-13(21)7-10(17-11(18)5-6-12(19)20)8-3-2-4-9(15)14(8)16/h2-4,10H,5-7H2,1H3,(H,17,18)(H,19,20)/p-1/t10-/m1/s1. The zero-order valence-corrected chi connectivity index (χ0v) is 13.2. The molecule has 1 rings (SSSR count). The van der Waals surface area contributed by atoms with Gasteiger partial charge in [-0.1, -0.05) is 35.3 Å². The van der Waals surface area contributed by atoms with Crippen LogP contribution in [0, 0.1) is 0 Å². The number of benzene rings is 1. The topological polar surface area (TPSA) is 95.5 Å². The fourth-order valence-corrected chi connectivity index (χ4v) is 2.20. The van der Waals surface area contributed by atoms with Crippen LogP contribution in [0.2, 0.25) is 10.0 Å². The summed E-state index contributed by atoms with van der Waals surface area (Å²) >= 11 is 12.0. The van der Waals surface area contributed by atoms with Crippen molar-refractivity contribution in [2.24, 2.45) is 0 Å². The number of carboxylic acids is 1. The van der Waals surface area contributed by atoms with Crippen molar-refractivity contribution < 1.29 is 24.2 Å². The van der Waals surface area contributed by atoms with Crippen LogP contribution in [-0.4, -0.2) is 25.0 Å². The number of halogens is 2. The Bertz CT molecular complexity index is 576. The average Bonchev–Trinajstić information content (AvgIpc) is 2.47. The second-order valence-electron chi connectivity index (χ2n) is 4.42. The van der Waals surface area contributed by atoms with Crippen molar-refractivity contribution in [2.75, 3.05) is 7.11 Å². The van der Waals surface area contributed by atoms with Crippen molar-refractivity contribution in [3.8, 4) is 0 Å². The van der Waals surface area contributed by atoms with E-state index in [1.807, 2.05) is 0 Å². The second-order valence-corrected chi connectivity index (χ2v) is 5.20. The minimum Gasteiger partial charge on any atom is -0.550 e. The lowest BCUT2D eigenvalue weighted by Crippen LogP contribution is -2.32. The predicted molar refractivity (Wildman–Crippen MR) is 78.2 cm³/mol. The van der Waals surface area contributed by atoms with Gasteiger partial charge in [0.15, 0.2) is 0 Å². The van der Waals surface area contributed by atoms with E-state index in [4.69, 9.17) is 23.2 Å². The van der Waals surface area contributed by atoms with E-state index in [1.54, 1.807) is 18.2 Å². The third-order valence-electron chi connectivity index (χ3n) is 2.85. The molecular weight excluding hydrogens is 333 g/mol. The molecular formula is C14H14Cl2NO5-. The molecule has 6 nitrogen and oxygen atoms in total. The van der Waals surface area contributed by atoms with Gasteiger partial charge in [0.25, 0.3) is 0 Å². The third kappa shape index (κ3) is 5.54. The monoisotopic (exact) mass is 346 g/mol. The molecule has 0 unspecified atom stereocenters. The zero-order chi connectivity index (χ0) is 16.7. The Morgan fingerprint density at radius 3 is 2.55 bits per heavy atom. The number of ether oxygens (including phenoxy) is 1. The molecule has 1 aromatic rings. The number of carboxylic acid groups (broad SMARTS) is 1. The molecule has 1 aromatic carbocycles. The predicted octanol–water partition coefficient (Wildman–Crippen LogP) is 1.24. The Morgan fingerprint density at radius 1 is 1.27 bits per heavy atom. The molecule has 1 amide bonds. The van der Waals surface area contributed by atoms with Crippen LogP contribution < -0.4 is 10.4 Å². The van der Waals surface area contributed by atoms with Crippen LogP contribution in [-0.2, 0) is 19.1 Å². The number of rotatable bonds is 7. The van der Waals surface area contributed by atoms with E-state index in [0.717, 1.165) is 0 Å². The number of carbonyl (C=O) groups is 3. The number of nitrogens with one attached hydrogen (secondary N) is 1. The van der Waals surface area contributed by atoms with Gasteiger partial charge < -0.3 is 20.0 Å². The number of esters is 1. The Labute approximate surface area is 137 Å². The average molecular weight is 347 g/mol. The van der Waals surface area contributed by atoms with E-state index in [2.05, 4.69) is 10.1 Å². The SMILES string of the molecule is COC(=O)C[C@@H](NC(=O)CCC(=O)[O-])c1cccc(Cl)c1Cl. The number of amides is 1. The fourth-order valence-electron chi connectivity index (χ4n) is 1.76. The smallest absolute Gasteiger partial charge is 0.307 e. The molecule has 1 atom stereocenters. The lowest BCUT2D eigenvalue weighted by atomic mass is 10.0. The van der Waals surface area contributed by atoms with Crippen molar-refractivity contribution in [3.05, 3.63) is 33.8 Å². The normalized spacial score (nSPS) is 11.6. The Kier molecular flexibility index (Phi) is 7.14. The summed E-state index contributed by atoms with van der Waals surface area (Å²) in [5.41, 5.74) is 0.446. The van der Waals surface area contributed by atoms with Gasteiger partial charge in [-0.3, -0.25) is 9.59 Å². The van der Waals surface area contributed by atoms with E-state index in [1.165, 1.54) is 7.11 Å². The van der Waals surface area contributed by atoms with E-state index in [0.29, 0.717) is 5.56 Å². The number of hydrogen-bond acceptors (Lipinski definition) is 5. The first kappa shape index (κ1) is 18.3. The molecule has 0 aromatic heterocycles. The van der Waals surface area contributed by atoms with Gasteiger partial charge in [0.1, 0.15) is 0 Å². The zero-order valence-electron chi connectivity index (χ0n) is 11.7. The first-order valence-corrected chi connectivity index (χ1v) is 7.10. The molecule has 0 heterocycles. The quantitative estimate of drug-likeness (QED) is 0.749. The summed E-state index contributed by atoms with van der Waals surface area (Å²) in [6.07, 6.45) is -0.841. The van der Waals surface area contributed by atoms with Crippen LogP contribution in [0.3, 0.4) is 0 Å². The van der Waals surface area contributed by atoms with Crippen LogP contribution in [0.5, 0.6) is 0 Å². The molecule has 0 aliphatic rings. The van der Waals surface area contributed by atoms with Gasteiger partial charge in [-0.15, -0.1) is 0 Å². The van der Waals surface area contributed by atoms with Crippen LogP contribution in [0.1, 0.15) is 30.9 Å². The molecule has 22 heavy (non-hydrogen) atoms. The highest BCUT2D eigenvalue weighted by molar-refractivity contribution is 6.42. The highest BCUT2D eigenvalue weighted by Gasteiger charge is 2.22. The summed E-state index contributed by atoms with van der Waals surface area (Å²) in [6, 6.07) is 4.04. The first-order valence-electron chi connectivity index (χ1n) is 6.35. The molecule has 1 N–H and O–H groups in total. The summed E-state index contributed by atoms with van der Waals surface area (Å²) in [6.45, 7) is 0. The van der Waals surface area contributed by atoms with Crippen molar-refractivity contribution in [1.29, 1.82) is 0 Å². The summed E-state index contributed by atoms with van der Waals surface area (Å²) in [4.78, 5) is 33.6. The molecule has 0 aliphatic carbocycles. The first-order chi connectivity index (χ1) is 10.3. The van der Waals surface area contributed by atoms with E-state index >= 15 is 0 Å². The fraction of sp³-hybridized carbons (Fsp3) is 0.357. The highest BCUT2D eigenvalue weighted by atomic mass is 35.5. The van der Waals surface area contributed by atoms with Gasteiger partial charge >= 0.3 is 5.97 Å². The van der Waals surface area contributed by atoms with Gasteiger partial charge in [0.05, 0.1) is 29.6 Å².